The Morgan fingerprint density at radius 1 is 1.18 bits per heavy atom. The monoisotopic (exact) mass is 311 g/mol. The number of likely N-dealkylation sites (N-methyl/N-ethyl adjacent to an activating group) is 1. The first-order valence-electron chi connectivity index (χ1n) is 7.50. The van der Waals surface area contributed by atoms with E-state index in [0.717, 1.165) is 13.1 Å². The molecule has 1 amide bonds. The quantitative estimate of drug-likeness (QED) is 0.847. The second-order valence-corrected chi connectivity index (χ2v) is 5.91. The predicted octanol–water partition coefficient (Wildman–Crippen LogP) is 1.73. The van der Waals surface area contributed by atoms with E-state index < -0.39 is 11.6 Å². The average molecular weight is 311 g/mol. The summed E-state index contributed by atoms with van der Waals surface area (Å²) in [5.41, 5.74) is 0.125. The smallest absolute Gasteiger partial charge is 0.236 e. The summed E-state index contributed by atoms with van der Waals surface area (Å²) in [5.74, 6) is -0.933. The fraction of sp³-hybridized carbons (Fsp3) is 0.562. The lowest BCUT2D eigenvalue weighted by Crippen LogP contribution is -2.50. The van der Waals surface area contributed by atoms with E-state index in [1.54, 1.807) is 19.0 Å². The van der Waals surface area contributed by atoms with Gasteiger partial charge in [0.1, 0.15) is 11.6 Å². The van der Waals surface area contributed by atoms with Crippen LogP contribution in [0.4, 0.5) is 8.78 Å². The minimum absolute atomic E-state index is 0.0710. The second kappa shape index (κ2) is 7.15. The maximum absolute atomic E-state index is 13.9. The zero-order valence-corrected chi connectivity index (χ0v) is 13.4. The van der Waals surface area contributed by atoms with Crippen LogP contribution in [0.15, 0.2) is 18.2 Å². The van der Waals surface area contributed by atoms with Crippen molar-refractivity contribution in [2.75, 3.05) is 46.8 Å². The number of piperazine rings is 1. The third-order valence-corrected chi connectivity index (χ3v) is 4.23. The first-order chi connectivity index (χ1) is 10.4. The summed E-state index contributed by atoms with van der Waals surface area (Å²) in [5, 5.41) is 0. The lowest BCUT2D eigenvalue weighted by Gasteiger charge is -2.38. The number of carbonyl (C=O) groups is 1. The van der Waals surface area contributed by atoms with Crippen molar-refractivity contribution >= 4 is 5.91 Å². The van der Waals surface area contributed by atoms with Crippen molar-refractivity contribution in [3.63, 3.8) is 0 Å². The van der Waals surface area contributed by atoms with E-state index in [2.05, 4.69) is 9.80 Å². The normalized spacial score (nSPS) is 18.2. The Morgan fingerprint density at radius 2 is 1.73 bits per heavy atom. The van der Waals surface area contributed by atoms with Gasteiger partial charge in [0.2, 0.25) is 5.91 Å². The maximum Gasteiger partial charge on any atom is 0.236 e. The number of carbonyl (C=O) groups excluding carboxylic acids is 1. The van der Waals surface area contributed by atoms with Crippen LogP contribution in [0.25, 0.3) is 0 Å². The SMILES string of the molecule is C[C@@H](c1c(F)cccc1F)N1CCN(CC(=O)N(C)C)CC1. The lowest BCUT2D eigenvalue weighted by atomic mass is 10.0. The van der Waals surface area contributed by atoms with Gasteiger partial charge in [-0.05, 0) is 19.1 Å². The molecule has 0 radical (unpaired) electrons. The van der Waals surface area contributed by atoms with Crippen molar-refractivity contribution in [1.29, 1.82) is 0 Å². The third-order valence-electron chi connectivity index (χ3n) is 4.23. The number of nitrogens with zero attached hydrogens (tertiary/aromatic N) is 3. The third kappa shape index (κ3) is 3.81. The Bertz CT molecular complexity index is 508. The summed E-state index contributed by atoms with van der Waals surface area (Å²) in [6.45, 7) is 5.04. The number of halogens is 2. The summed E-state index contributed by atoms with van der Waals surface area (Å²) >= 11 is 0. The maximum atomic E-state index is 13.9. The van der Waals surface area contributed by atoms with Crippen LogP contribution in [-0.4, -0.2) is 67.4 Å². The van der Waals surface area contributed by atoms with E-state index in [4.69, 9.17) is 0 Å². The molecule has 22 heavy (non-hydrogen) atoms. The highest BCUT2D eigenvalue weighted by Gasteiger charge is 2.26. The Kier molecular flexibility index (Phi) is 5.47. The van der Waals surface area contributed by atoms with E-state index in [0.29, 0.717) is 19.6 Å². The molecule has 1 aliphatic rings. The highest BCUT2D eigenvalue weighted by atomic mass is 19.1. The molecule has 0 saturated carbocycles. The summed E-state index contributed by atoms with van der Waals surface area (Å²) in [4.78, 5) is 17.4. The molecule has 4 nitrogen and oxygen atoms in total. The summed E-state index contributed by atoms with van der Waals surface area (Å²) < 4.78 is 27.7. The van der Waals surface area contributed by atoms with Gasteiger partial charge in [0.05, 0.1) is 6.54 Å². The second-order valence-electron chi connectivity index (χ2n) is 5.91. The van der Waals surface area contributed by atoms with Gasteiger partial charge < -0.3 is 4.90 Å². The topological polar surface area (TPSA) is 26.8 Å². The van der Waals surface area contributed by atoms with Crippen LogP contribution >= 0.6 is 0 Å². The molecule has 1 saturated heterocycles. The molecule has 0 aromatic heterocycles. The van der Waals surface area contributed by atoms with Crippen LogP contribution in [0, 0.1) is 11.6 Å². The highest BCUT2D eigenvalue weighted by molar-refractivity contribution is 5.77. The van der Waals surface area contributed by atoms with Crippen LogP contribution in [0.3, 0.4) is 0 Å². The van der Waals surface area contributed by atoms with Gasteiger partial charge in [-0.1, -0.05) is 6.07 Å². The van der Waals surface area contributed by atoms with Crippen LogP contribution in [0.2, 0.25) is 0 Å². The molecule has 0 bridgehead atoms. The van der Waals surface area contributed by atoms with Crippen molar-refractivity contribution < 1.29 is 13.6 Å². The van der Waals surface area contributed by atoms with Crippen LogP contribution in [0.5, 0.6) is 0 Å². The number of rotatable bonds is 4. The van der Waals surface area contributed by atoms with Crippen molar-refractivity contribution in [2.45, 2.75) is 13.0 Å². The molecule has 0 aliphatic carbocycles. The molecular formula is C16H23F2N3O. The first-order valence-corrected chi connectivity index (χ1v) is 7.50. The van der Waals surface area contributed by atoms with Crippen molar-refractivity contribution in [1.82, 2.24) is 14.7 Å². The van der Waals surface area contributed by atoms with E-state index in [9.17, 15) is 13.6 Å². The lowest BCUT2D eigenvalue weighted by molar-refractivity contribution is -0.130. The van der Waals surface area contributed by atoms with E-state index >= 15 is 0 Å². The van der Waals surface area contributed by atoms with Crippen LogP contribution in [0.1, 0.15) is 18.5 Å². The van der Waals surface area contributed by atoms with Gasteiger partial charge in [0.15, 0.2) is 0 Å². The number of benzene rings is 1. The molecule has 6 heteroatoms. The minimum atomic E-state index is -0.502. The average Bonchev–Trinajstić information content (AvgIpc) is 2.47. The van der Waals surface area contributed by atoms with E-state index in [1.807, 2.05) is 6.92 Å². The Morgan fingerprint density at radius 3 is 2.23 bits per heavy atom. The van der Waals surface area contributed by atoms with Crippen molar-refractivity contribution in [3.05, 3.63) is 35.4 Å². The molecule has 1 aromatic carbocycles. The number of amides is 1. The Balaban J connectivity index is 1.95. The standard InChI is InChI=1S/C16H23F2N3O/c1-12(16-13(17)5-4-6-14(16)18)21-9-7-20(8-10-21)11-15(22)19(2)3/h4-6,12H,7-11H2,1-3H3/t12-/m0/s1. The van der Waals surface area contributed by atoms with Gasteiger partial charge in [-0.25, -0.2) is 8.78 Å². The molecule has 1 aliphatic heterocycles. The van der Waals surface area contributed by atoms with Crippen molar-refractivity contribution in [2.24, 2.45) is 0 Å². The van der Waals surface area contributed by atoms with Crippen molar-refractivity contribution in [3.8, 4) is 0 Å². The highest BCUT2D eigenvalue weighted by Crippen LogP contribution is 2.26. The molecule has 1 aromatic rings. The fourth-order valence-electron chi connectivity index (χ4n) is 2.73. The molecule has 0 spiro atoms. The van der Waals surface area contributed by atoms with Crippen LogP contribution < -0.4 is 0 Å². The Hall–Kier alpha value is -1.53. The van der Waals surface area contributed by atoms with Gasteiger partial charge in [-0.2, -0.15) is 0 Å². The fourth-order valence-corrected chi connectivity index (χ4v) is 2.73. The first kappa shape index (κ1) is 16.8. The molecule has 1 heterocycles. The van der Waals surface area contributed by atoms with Gasteiger partial charge in [-0.3, -0.25) is 14.6 Å². The van der Waals surface area contributed by atoms with Crippen LogP contribution in [-0.2, 0) is 4.79 Å². The molecule has 0 N–H and O–H groups in total. The zero-order valence-electron chi connectivity index (χ0n) is 13.4. The molecule has 122 valence electrons. The number of hydrogen-bond donors (Lipinski definition) is 0. The molecule has 1 atom stereocenters. The molecule has 0 unspecified atom stereocenters. The zero-order chi connectivity index (χ0) is 16.3. The van der Waals surface area contributed by atoms with Gasteiger partial charge >= 0.3 is 0 Å². The largest absolute Gasteiger partial charge is 0.348 e. The summed E-state index contributed by atoms with van der Waals surface area (Å²) in [6.07, 6.45) is 0. The van der Waals surface area contributed by atoms with E-state index in [1.165, 1.54) is 18.2 Å². The Labute approximate surface area is 130 Å². The number of hydrogen-bond acceptors (Lipinski definition) is 3. The predicted molar refractivity (Wildman–Crippen MR) is 81.5 cm³/mol. The summed E-state index contributed by atoms with van der Waals surface area (Å²) in [6, 6.07) is 3.65. The molecular weight excluding hydrogens is 288 g/mol. The minimum Gasteiger partial charge on any atom is -0.348 e. The van der Waals surface area contributed by atoms with Gasteiger partial charge in [0, 0.05) is 51.9 Å². The molecule has 1 fully saturated rings. The van der Waals surface area contributed by atoms with E-state index in [-0.39, 0.29) is 17.5 Å². The van der Waals surface area contributed by atoms with Gasteiger partial charge in [-0.15, -0.1) is 0 Å². The van der Waals surface area contributed by atoms with Gasteiger partial charge in [0.25, 0.3) is 0 Å². The molecule has 2 rings (SSSR count). The summed E-state index contributed by atoms with van der Waals surface area (Å²) in [7, 11) is 3.48.